The second kappa shape index (κ2) is 6.11. The highest BCUT2D eigenvalue weighted by atomic mass is 32.2. The third-order valence-corrected chi connectivity index (χ3v) is 7.26. The van der Waals surface area contributed by atoms with Gasteiger partial charge in [-0.2, -0.15) is 5.26 Å². The Kier molecular flexibility index (Phi) is 4.02. The summed E-state index contributed by atoms with van der Waals surface area (Å²) in [5.41, 5.74) is 3.39. The van der Waals surface area contributed by atoms with Crippen LogP contribution in [0.3, 0.4) is 0 Å². The average molecular weight is 367 g/mol. The van der Waals surface area contributed by atoms with Crippen molar-refractivity contribution in [3.63, 3.8) is 0 Å². The molecule has 0 aromatic heterocycles. The molecule has 134 valence electrons. The summed E-state index contributed by atoms with van der Waals surface area (Å²) in [4.78, 5) is 2.45. The van der Waals surface area contributed by atoms with Gasteiger partial charge in [0.15, 0.2) is 0 Å². The first-order valence-corrected chi connectivity index (χ1v) is 10.2. The molecule has 0 unspecified atom stereocenters. The summed E-state index contributed by atoms with van der Waals surface area (Å²) in [6.45, 7) is 3.76. The first kappa shape index (κ1) is 17.1. The van der Waals surface area contributed by atoms with Gasteiger partial charge >= 0.3 is 0 Å². The summed E-state index contributed by atoms with van der Waals surface area (Å²) in [7, 11) is -1.64. The van der Waals surface area contributed by atoms with Crippen molar-refractivity contribution in [2.24, 2.45) is 0 Å². The van der Waals surface area contributed by atoms with Crippen LogP contribution < -0.4 is 4.31 Å². The number of piperidine rings is 1. The van der Waals surface area contributed by atoms with Crippen LogP contribution in [-0.4, -0.2) is 39.5 Å². The maximum absolute atomic E-state index is 13.5. The van der Waals surface area contributed by atoms with Gasteiger partial charge in [0.25, 0.3) is 10.0 Å². The average Bonchev–Trinajstić information content (AvgIpc) is 2.95. The number of rotatable bonds is 2. The van der Waals surface area contributed by atoms with E-state index in [1.807, 2.05) is 25.1 Å². The highest BCUT2D eigenvalue weighted by molar-refractivity contribution is 7.92. The zero-order valence-electron chi connectivity index (χ0n) is 14.9. The molecule has 0 aliphatic carbocycles. The van der Waals surface area contributed by atoms with Crippen LogP contribution in [0.2, 0.25) is 0 Å². The number of benzene rings is 2. The van der Waals surface area contributed by atoms with Gasteiger partial charge in [0, 0.05) is 12.5 Å². The van der Waals surface area contributed by atoms with E-state index < -0.39 is 10.0 Å². The fourth-order valence-corrected chi connectivity index (χ4v) is 5.97. The minimum atomic E-state index is -3.72. The van der Waals surface area contributed by atoms with Crippen LogP contribution in [0, 0.1) is 18.3 Å². The number of hydrogen-bond donors (Lipinski definition) is 0. The van der Waals surface area contributed by atoms with Gasteiger partial charge in [-0.05, 0) is 56.8 Å². The number of aryl methyl sites for hydroxylation is 1. The Hall–Kier alpha value is -2.36. The van der Waals surface area contributed by atoms with Crippen molar-refractivity contribution in [1.29, 1.82) is 5.26 Å². The minimum absolute atomic E-state index is 0.0706. The molecule has 6 heteroatoms. The second-order valence-electron chi connectivity index (χ2n) is 7.23. The van der Waals surface area contributed by atoms with Crippen molar-refractivity contribution in [3.05, 3.63) is 59.2 Å². The summed E-state index contributed by atoms with van der Waals surface area (Å²) in [6, 6.07) is 14.3. The predicted octanol–water partition coefficient (Wildman–Crippen LogP) is 2.86. The van der Waals surface area contributed by atoms with Gasteiger partial charge in [0.2, 0.25) is 0 Å². The largest absolute Gasteiger partial charge is 0.306 e. The molecule has 2 aliphatic rings. The first-order chi connectivity index (χ1) is 12.4. The SMILES string of the molecule is Cc1ccc2c(c1)[C@H]1CN(C)CC[C@@H]1N2S(=O)(=O)c1cccc(C#N)c1. The highest BCUT2D eigenvalue weighted by Gasteiger charge is 2.46. The van der Waals surface area contributed by atoms with E-state index >= 15 is 0 Å². The number of nitriles is 1. The van der Waals surface area contributed by atoms with Gasteiger partial charge in [0.1, 0.15) is 0 Å². The molecule has 4 rings (SSSR count). The standard InChI is InChI=1S/C20H21N3O2S/c1-14-6-7-19-17(10-14)18-13-22(2)9-8-20(18)23(19)26(24,25)16-5-3-4-15(11-16)12-21/h3-7,10-11,18,20H,8-9,13H2,1-2H3/t18-,20+/m1/s1. The lowest BCUT2D eigenvalue weighted by Crippen LogP contribution is -2.47. The molecule has 1 saturated heterocycles. The molecule has 2 aromatic rings. The molecule has 0 amide bonds. The van der Waals surface area contributed by atoms with Gasteiger partial charge in [-0.3, -0.25) is 4.31 Å². The van der Waals surface area contributed by atoms with Crippen molar-refractivity contribution in [2.75, 3.05) is 24.4 Å². The zero-order valence-corrected chi connectivity index (χ0v) is 15.7. The minimum Gasteiger partial charge on any atom is -0.306 e. The van der Waals surface area contributed by atoms with E-state index in [4.69, 9.17) is 5.26 Å². The third-order valence-electron chi connectivity index (χ3n) is 5.42. The topological polar surface area (TPSA) is 64.4 Å². The Morgan fingerprint density at radius 2 is 2.00 bits per heavy atom. The van der Waals surface area contributed by atoms with Crippen LogP contribution in [0.4, 0.5) is 5.69 Å². The third kappa shape index (κ3) is 2.59. The molecule has 2 aliphatic heterocycles. The lowest BCUT2D eigenvalue weighted by Gasteiger charge is -2.36. The number of sulfonamides is 1. The Morgan fingerprint density at radius 1 is 1.19 bits per heavy atom. The lowest BCUT2D eigenvalue weighted by molar-refractivity contribution is 0.237. The number of fused-ring (bicyclic) bond motifs is 3. The fourth-order valence-electron chi connectivity index (χ4n) is 4.19. The van der Waals surface area contributed by atoms with Crippen LogP contribution in [0.15, 0.2) is 47.4 Å². The van der Waals surface area contributed by atoms with E-state index in [9.17, 15) is 8.42 Å². The van der Waals surface area contributed by atoms with E-state index in [1.165, 1.54) is 6.07 Å². The molecule has 1 fully saturated rings. The summed E-state index contributed by atoms with van der Waals surface area (Å²) in [5.74, 6) is 0.178. The Morgan fingerprint density at radius 3 is 2.77 bits per heavy atom. The number of nitrogens with zero attached hydrogens (tertiary/aromatic N) is 3. The van der Waals surface area contributed by atoms with E-state index in [1.54, 1.807) is 22.5 Å². The Bertz CT molecular complexity index is 1010. The summed E-state index contributed by atoms with van der Waals surface area (Å²) in [6.07, 6.45) is 0.798. The van der Waals surface area contributed by atoms with Crippen LogP contribution in [0.5, 0.6) is 0 Å². The van der Waals surface area contributed by atoms with Crippen LogP contribution in [0.25, 0.3) is 0 Å². The molecular weight excluding hydrogens is 346 g/mol. The van der Waals surface area contributed by atoms with Crippen molar-refractivity contribution < 1.29 is 8.42 Å². The number of likely N-dealkylation sites (N-methyl/N-ethyl adjacent to an activating group) is 1. The highest BCUT2D eigenvalue weighted by Crippen LogP contribution is 2.47. The zero-order chi connectivity index (χ0) is 18.5. The molecule has 5 nitrogen and oxygen atoms in total. The molecule has 26 heavy (non-hydrogen) atoms. The van der Waals surface area contributed by atoms with Gasteiger partial charge in [-0.25, -0.2) is 8.42 Å². The maximum atomic E-state index is 13.5. The molecule has 0 bridgehead atoms. The number of anilines is 1. The van der Waals surface area contributed by atoms with Crippen molar-refractivity contribution >= 4 is 15.7 Å². The summed E-state index contributed by atoms with van der Waals surface area (Å²) in [5, 5.41) is 9.13. The monoisotopic (exact) mass is 367 g/mol. The molecular formula is C20H21N3O2S. The quantitative estimate of drug-likeness (QED) is 0.819. The molecule has 0 spiro atoms. The molecule has 2 aromatic carbocycles. The van der Waals surface area contributed by atoms with Crippen molar-refractivity contribution in [3.8, 4) is 6.07 Å². The first-order valence-electron chi connectivity index (χ1n) is 8.75. The smallest absolute Gasteiger partial charge is 0.264 e. The maximum Gasteiger partial charge on any atom is 0.264 e. The van der Waals surface area contributed by atoms with E-state index in [0.717, 1.165) is 36.3 Å². The van der Waals surface area contributed by atoms with Crippen LogP contribution in [0.1, 0.15) is 29.0 Å². The molecule has 2 atom stereocenters. The van der Waals surface area contributed by atoms with Crippen molar-refractivity contribution in [2.45, 2.75) is 30.2 Å². The second-order valence-corrected chi connectivity index (χ2v) is 9.04. The van der Waals surface area contributed by atoms with Gasteiger partial charge in [-0.1, -0.05) is 23.8 Å². The predicted molar refractivity (Wildman–Crippen MR) is 101 cm³/mol. The molecule has 0 N–H and O–H groups in total. The Balaban J connectivity index is 1.86. The molecule has 2 heterocycles. The molecule has 0 saturated carbocycles. The van der Waals surface area contributed by atoms with Gasteiger partial charge in [-0.15, -0.1) is 0 Å². The molecule has 0 radical (unpaired) electrons. The summed E-state index contributed by atoms with van der Waals surface area (Å²) >= 11 is 0. The lowest BCUT2D eigenvalue weighted by atomic mass is 9.89. The van der Waals surface area contributed by atoms with Crippen LogP contribution >= 0.6 is 0 Å². The van der Waals surface area contributed by atoms with Gasteiger partial charge < -0.3 is 4.90 Å². The normalized spacial score (nSPS) is 22.6. The van der Waals surface area contributed by atoms with E-state index in [0.29, 0.717) is 5.56 Å². The number of likely N-dealkylation sites (tertiary alicyclic amines) is 1. The van der Waals surface area contributed by atoms with E-state index in [2.05, 4.69) is 18.0 Å². The van der Waals surface area contributed by atoms with Crippen LogP contribution in [-0.2, 0) is 10.0 Å². The van der Waals surface area contributed by atoms with E-state index in [-0.39, 0.29) is 16.9 Å². The fraction of sp³-hybridized carbons (Fsp3) is 0.350. The number of hydrogen-bond acceptors (Lipinski definition) is 4. The van der Waals surface area contributed by atoms with Gasteiger partial charge in [0.05, 0.1) is 28.3 Å². The Labute approximate surface area is 154 Å². The van der Waals surface area contributed by atoms with Crippen molar-refractivity contribution in [1.82, 2.24) is 4.90 Å². The summed E-state index contributed by atoms with van der Waals surface area (Å²) < 4.78 is 28.6.